The minimum atomic E-state index is -0.854. The van der Waals surface area contributed by atoms with Gasteiger partial charge in [-0.25, -0.2) is 0 Å². The summed E-state index contributed by atoms with van der Waals surface area (Å²) in [6, 6.07) is 0. The molecule has 0 aliphatic carbocycles. The van der Waals surface area contributed by atoms with Crippen LogP contribution in [0, 0.1) is 0 Å². The Bertz CT molecular complexity index is 308. The maximum absolute atomic E-state index is 6.38. The van der Waals surface area contributed by atoms with Crippen LogP contribution in [-0.2, 0) is 9.47 Å². The maximum Gasteiger partial charge on any atom is 0.154 e. The smallest absolute Gasteiger partial charge is 0.154 e. The standard InChI is InChI=1S/C14H28Cl2N2O2/c1-11(2,19-7)9-13(5,15)17-18-14(6,16)10-12(3,4)20-8/h9-10H2,1-8H3. The number of hydrogen-bond donors (Lipinski definition) is 0. The van der Waals surface area contributed by atoms with Crippen molar-refractivity contribution in [3.8, 4) is 0 Å². The molecule has 2 atom stereocenters. The number of azo groups is 1. The Hall–Kier alpha value is 0.1000. The minimum absolute atomic E-state index is 0.371. The van der Waals surface area contributed by atoms with Crippen LogP contribution in [0.4, 0.5) is 0 Å². The van der Waals surface area contributed by atoms with Gasteiger partial charge in [-0.1, -0.05) is 23.2 Å². The molecule has 0 N–H and O–H groups in total. The van der Waals surface area contributed by atoms with Crippen LogP contribution in [0.15, 0.2) is 10.2 Å². The molecule has 0 heterocycles. The third-order valence-electron chi connectivity index (χ3n) is 3.07. The maximum atomic E-state index is 6.38. The van der Waals surface area contributed by atoms with Gasteiger partial charge in [-0.3, -0.25) is 0 Å². The Labute approximate surface area is 133 Å². The summed E-state index contributed by atoms with van der Waals surface area (Å²) in [5.41, 5.74) is -0.742. The quantitative estimate of drug-likeness (QED) is 0.358. The van der Waals surface area contributed by atoms with Gasteiger partial charge in [-0.05, 0) is 41.5 Å². The number of ether oxygens (including phenoxy) is 2. The Morgan fingerprint density at radius 1 is 0.700 bits per heavy atom. The highest BCUT2D eigenvalue weighted by Gasteiger charge is 2.34. The normalized spacial score (nSPS) is 19.9. The monoisotopic (exact) mass is 326 g/mol. The zero-order valence-corrected chi connectivity index (χ0v) is 15.4. The molecule has 0 aromatic heterocycles. The first-order valence-electron chi connectivity index (χ1n) is 6.66. The second kappa shape index (κ2) is 6.91. The summed E-state index contributed by atoms with van der Waals surface area (Å²) < 4.78 is 10.7. The second-order valence-electron chi connectivity index (χ2n) is 6.77. The lowest BCUT2D eigenvalue weighted by Gasteiger charge is -2.31. The highest BCUT2D eigenvalue weighted by Crippen LogP contribution is 2.34. The molecule has 120 valence electrons. The summed E-state index contributed by atoms with van der Waals surface area (Å²) in [5.74, 6) is 0. The van der Waals surface area contributed by atoms with Crippen molar-refractivity contribution >= 4 is 23.2 Å². The first kappa shape index (κ1) is 20.1. The van der Waals surface area contributed by atoms with Crippen molar-refractivity contribution in [3.63, 3.8) is 0 Å². The van der Waals surface area contributed by atoms with Crippen molar-refractivity contribution in [1.82, 2.24) is 0 Å². The van der Waals surface area contributed by atoms with Gasteiger partial charge in [0.25, 0.3) is 0 Å². The Morgan fingerprint density at radius 3 is 1.15 bits per heavy atom. The van der Waals surface area contributed by atoms with E-state index >= 15 is 0 Å². The van der Waals surface area contributed by atoms with Crippen LogP contribution in [0.5, 0.6) is 0 Å². The van der Waals surface area contributed by atoms with Gasteiger partial charge in [0.2, 0.25) is 0 Å². The zero-order valence-electron chi connectivity index (χ0n) is 13.9. The van der Waals surface area contributed by atoms with E-state index in [9.17, 15) is 0 Å². The molecule has 6 heteroatoms. The van der Waals surface area contributed by atoms with E-state index in [1.165, 1.54) is 0 Å². The molecular weight excluding hydrogens is 299 g/mol. The van der Waals surface area contributed by atoms with Crippen LogP contribution < -0.4 is 0 Å². The second-order valence-corrected chi connectivity index (χ2v) is 8.39. The van der Waals surface area contributed by atoms with Gasteiger partial charge in [0.1, 0.15) is 0 Å². The molecule has 20 heavy (non-hydrogen) atoms. The van der Waals surface area contributed by atoms with Crippen LogP contribution in [0.1, 0.15) is 54.4 Å². The molecule has 0 aliphatic heterocycles. The van der Waals surface area contributed by atoms with Gasteiger partial charge in [-0.2, -0.15) is 10.2 Å². The van der Waals surface area contributed by atoms with Crippen molar-refractivity contribution < 1.29 is 9.47 Å². The van der Waals surface area contributed by atoms with E-state index in [1.54, 1.807) is 28.1 Å². The largest absolute Gasteiger partial charge is 0.379 e. The molecule has 0 rings (SSSR count). The van der Waals surface area contributed by atoms with Crippen LogP contribution >= 0.6 is 23.2 Å². The van der Waals surface area contributed by atoms with Crippen molar-refractivity contribution in [3.05, 3.63) is 0 Å². The summed E-state index contributed by atoms with van der Waals surface area (Å²) in [7, 11) is 3.30. The molecule has 0 saturated carbocycles. The lowest BCUT2D eigenvalue weighted by atomic mass is 9.99. The highest BCUT2D eigenvalue weighted by atomic mass is 35.5. The first-order valence-corrected chi connectivity index (χ1v) is 7.42. The van der Waals surface area contributed by atoms with Gasteiger partial charge >= 0.3 is 0 Å². The van der Waals surface area contributed by atoms with Gasteiger partial charge < -0.3 is 9.47 Å². The Balaban J connectivity index is 4.82. The molecule has 0 aliphatic rings. The fraction of sp³-hybridized carbons (Fsp3) is 1.00. The molecule has 0 saturated heterocycles. The molecule has 4 nitrogen and oxygen atoms in total. The van der Waals surface area contributed by atoms with E-state index in [-0.39, 0.29) is 11.2 Å². The van der Waals surface area contributed by atoms with Gasteiger partial charge in [0, 0.05) is 27.1 Å². The third kappa shape index (κ3) is 8.40. The van der Waals surface area contributed by atoms with E-state index in [0.717, 1.165) is 0 Å². The lowest BCUT2D eigenvalue weighted by molar-refractivity contribution is 0.00384. The number of rotatable bonds is 8. The molecular formula is C14H28Cl2N2O2. The third-order valence-corrected chi connectivity index (χ3v) is 3.49. The van der Waals surface area contributed by atoms with Crippen LogP contribution in [-0.4, -0.2) is 35.4 Å². The van der Waals surface area contributed by atoms with E-state index in [1.807, 2.05) is 27.7 Å². The molecule has 2 unspecified atom stereocenters. The number of nitrogens with zero attached hydrogens (tertiary/aromatic N) is 2. The van der Waals surface area contributed by atoms with E-state index in [4.69, 9.17) is 32.7 Å². The summed E-state index contributed by atoms with van der Waals surface area (Å²) >= 11 is 12.8. The summed E-state index contributed by atoms with van der Waals surface area (Å²) in [6.07, 6.45) is 1.06. The number of methoxy groups -OCH3 is 2. The van der Waals surface area contributed by atoms with Crippen LogP contribution in [0.25, 0.3) is 0 Å². The number of halogens is 2. The first-order chi connectivity index (χ1) is 8.74. The topological polar surface area (TPSA) is 43.2 Å². The van der Waals surface area contributed by atoms with Crippen molar-refractivity contribution in [2.45, 2.75) is 75.6 Å². The van der Waals surface area contributed by atoms with Crippen molar-refractivity contribution in [2.24, 2.45) is 10.2 Å². The van der Waals surface area contributed by atoms with E-state index in [0.29, 0.717) is 12.8 Å². The molecule has 0 radical (unpaired) electrons. The van der Waals surface area contributed by atoms with Gasteiger partial charge in [0.15, 0.2) is 10.00 Å². The van der Waals surface area contributed by atoms with Crippen molar-refractivity contribution in [2.75, 3.05) is 14.2 Å². The molecule has 0 spiro atoms. The molecule has 0 fully saturated rings. The summed E-state index contributed by atoms with van der Waals surface area (Å²) in [5, 5.41) is 8.40. The fourth-order valence-electron chi connectivity index (χ4n) is 1.98. The van der Waals surface area contributed by atoms with Gasteiger partial charge in [0.05, 0.1) is 11.2 Å². The molecule has 0 aromatic carbocycles. The number of hydrogen-bond acceptors (Lipinski definition) is 4. The average Bonchev–Trinajstić information content (AvgIpc) is 2.24. The Morgan fingerprint density at radius 2 is 0.950 bits per heavy atom. The van der Waals surface area contributed by atoms with Gasteiger partial charge in [-0.15, -0.1) is 0 Å². The molecule has 0 amide bonds. The summed E-state index contributed by atoms with van der Waals surface area (Å²) in [6.45, 7) is 11.4. The van der Waals surface area contributed by atoms with Crippen molar-refractivity contribution in [1.29, 1.82) is 0 Å². The molecule has 0 bridgehead atoms. The fourth-order valence-corrected chi connectivity index (χ4v) is 2.70. The lowest BCUT2D eigenvalue weighted by Crippen LogP contribution is -2.34. The SMILES string of the molecule is COC(C)(C)CC(C)(Cl)N=NC(C)(Cl)CC(C)(C)OC. The predicted molar refractivity (Wildman–Crippen MR) is 84.8 cm³/mol. The van der Waals surface area contributed by atoms with Crippen LogP contribution in [0.3, 0.4) is 0 Å². The highest BCUT2D eigenvalue weighted by molar-refractivity contribution is 6.24. The number of alkyl halides is 2. The average molecular weight is 327 g/mol. The molecule has 0 aromatic rings. The van der Waals surface area contributed by atoms with E-state index in [2.05, 4.69) is 10.2 Å². The Kier molecular flexibility index (Phi) is 6.94. The summed E-state index contributed by atoms with van der Waals surface area (Å²) in [4.78, 5) is -1.71. The van der Waals surface area contributed by atoms with Crippen LogP contribution in [0.2, 0.25) is 0 Å². The van der Waals surface area contributed by atoms with E-state index < -0.39 is 10.00 Å². The minimum Gasteiger partial charge on any atom is -0.379 e. The predicted octanol–water partition coefficient (Wildman–Crippen LogP) is 4.98. The zero-order chi connectivity index (χ0) is 16.2.